The van der Waals surface area contributed by atoms with E-state index in [2.05, 4.69) is 62.6 Å². The van der Waals surface area contributed by atoms with Gasteiger partial charge in [-0.3, -0.25) is 0 Å². The second-order valence-electron chi connectivity index (χ2n) is 3.79. The monoisotopic (exact) mass is 218 g/mol. The molecule has 0 bridgehead atoms. The Morgan fingerprint density at radius 1 is 1.27 bits per heavy atom. The van der Waals surface area contributed by atoms with Crippen molar-refractivity contribution in [2.24, 2.45) is 0 Å². The molecule has 1 aromatic heterocycles. The van der Waals surface area contributed by atoms with E-state index in [0.717, 1.165) is 6.42 Å². The average molecular weight is 218 g/mol. The Balaban J connectivity index is 2.38. The van der Waals surface area contributed by atoms with Crippen molar-refractivity contribution in [3.05, 3.63) is 51.8 Å². The minimum Gasteiger partial charge on any atom is -0.144 e. The Bertz CT molecular complexity index is 360. The first-order chi connectivity index (χ1) is 7.20. The molecule has 1 heterocycles. The van der Waals surface area contributed by atoms with Crippen molar-refractivity contribution in [3.8, 4) is 0 Å². The number of thiophene rings is 1. The van der Waals surface area contributed by atoms with Crippen LogP contribution in [-0.4, -0.2) is 0 Å². The topological polar surface area (TPSA) is 0 Å². The highest BCUT2D eigenvalue weighted by molar-refractivity contribution is 7.10. The first-order valence-electron chi connectivity index (χ1n) is 5.20. The van der Waals surface area contributed by atoms with Gasteiger partial charge in [0.15, 0.2) is 0 Å². The Labute approximate surface area is 96.7 Å². The second-order valence-corrected chi connectivity index (χ2v) is 4.77. The van der Waals surface area contributed by atoms with Crippen molar-refractivity contribution in [2.45, 2.75) is 27.2 Å². The van der Waals surface area contributed by atoms with Gasteiger partial charge >= 0.3 is 0 Å². The number of allylic oxidation sites excluding steroid dienone is 5. The minimum absolute atomic E-state index is 1.05. The first-order valence-corrected chi connectivity index (χ1v) is 6.08. The van der Waals surface area contributed by atoms with Gasteiger partial charge in [0.05, 0.1) is 0 Å². The third-order valence-corrected chi connectivity index (χ3v) is 3.17. The van der Waals surface area contributed by atoms with Crippen LogP contribution in [0, 0.1) is 0 Å². The Kier molecular flexibility index (Phi) is 5.13. The lowest BCUT2D eigenvalue weighted by Gasteiger charge is -1.97. The van der Waals surface area contributed by atoms with Crippen molar-refractivity contribution in [1.82, 2.24) is 0 Å². The summed E-state index contributed by atoms with van der Waals surface area (Å²) in [6.07, 6.45) is 9.61. The largest absolute Gasteiger partial charge is 0.144 e. The quantitative estimate of drug-likeness (QED) is 0.489. The number of rotatable bonds is 4. The van der Waals surface area contributed by atoms with E-state index >= 15 is 0 Å². The molecule has 1 rings (SSSR count). The second kappa shape index (κ2) is 6.41. The van der Waals surface area contributed by atoms with Gasteiger partial charge in [0.25, 0.3) is 0 Å². The summed E-state index contributed by atoms with van der Waals surface area (Å²) in [4.78, 5) is 1.30. The van der Waals surface area contributed by atoms with Crippen molar-refractivity contribution in [3.63, 3.8) is 0 Å². The lowest BCUT2D eigenvalue weighted by molar-refractivity contribution is 1.13. The minimum atomic E-state index is 1.05. The predicted molar refractivity (Wildman–Crippen MR) is 71.2 cm³/mol. The maximum absolute atomic E-state index is 2.20. The zero-order chi connectivity index (χ0) is 11.1. The maximum atomic E-state index is 2.20. The highest BCUT2D eigenvalue weighted by atomic mass is 32.1. The summed E-state index contributed by atoms with van der Waals surface area (Å²) < 4.78 is 0. The van der Waals surface area contributed by atoms with Gasteiger partial charge in [-0.25, -0.2) is 0 Å². The van der Waals surface area contributed by atoms with Crippen LogP contribution in [0.2, 0.25) is 0 Å². The Morgan fingerprint density at radius 3 is 2.67 bits per heavy atom. The fourth-order valence-electron chi connectivity index (χ4n) is 1.06. The average Bonchev–Trinajstić information content (AvgIpc) is 2.69. The molecule has 0 unspecified atom stereocenters. The highest BCUT2D eigenvalue weighted by Crippen LogP contribution is 2.11. The van der Waals surface area contributed by atoms with Crippen LogP contribution < -0.4 is 0 Å². The molecule has 0 aromatic carbocycles. The molecule has 0 atom stereocenters. The van der Waals surface area contributed by atoms with Crippen LogP contribution in [-0.2, 0) is 0 Å². The SMILES string of the molecule is CC(C)=C(C)C/C=C/C=C/c1cccs1. The summed E-state index contributed by atoms with van der Waals surface area (Å²) in [7, 11) is 0. The van der Waals surface area contributed by atoms with E-state index in [1.165, 1.54) is 16.0 Å². The van der Waals surface area contributed by atoms with Crippen LogP contribution in [0.5, 0.6) is 0 Å². The van der Waals surface area contributed by atoms with Crippen molar-refractivity contribution < 1.29 is 0 Å². The van der Waals surface area contributed by atoms with Gasteiger partial charge in [0.1, 0.15) is 0 Å². The summed E-state index contributed by atoms with van der Waals surface area (Å²) in [6, 6.07) is 4.19. The molecule has 0 amide bonds. The standard InChI is InChI=1S/C14H18S/c1-12(2)13(3)8-5-4-6-9-14-10-7-11-15-14/h4-7,9-11H,8H2,1-3H3/b5-4+,9-6+. The van der Waals surface area contributed by atoms with Gasteiger partial charge in [0.2, 0.25) is 0 Å². The fraction of sp³-hybridized carbons (Fsp3) is 0.286. The molecule has 0 saturated heterocycles. The van der Waals surface area contributed by atoms with Gasteiger partial charge in [-0.1, -0.05) is 35.4 Å². The Hall–Kier alpha value is -1.08. The van der Waals surface area contributed by atoms with E-state index in [-0.39, 0.29) is 0 Å². The van der Waals surface area contributed by atoms with Crippen LogP contribution in [0.25, 0.3) is 6.08 Å². The molecule has 80 valence electrons. The molecule has 0 N–H and O–H groups in total. The van der Waals surface area contributed by atoms with E-state index < -0.39 is 0 Å². The molecule has 0 aliphatic rings. The van der Waals surface area contributed by atoms with E-state index in [4.69, 9.17) is 0 Å². The molecule has 0 fully saturated rings. The number of hydrogen-bond donors (Lipinski definition) is 0. The van der Waals surface area contributed by atoms with E-state index in [9.17, 15) is 0 Å². The van der Waals surface area contributed by atoms with Gasteiger partial charge in [-0.2, -0.15) is 0 Å². The lowest BCUT2D eigenvalue weighted by atomic mass is 10.1. The Morgan fingerprint density at radius 2 is 2.07 bits per heavy atom. The smallest absolute Gasteiger partial charge is 0.0270 e. The van der Waals surface area contributed by atoms with Crippen molar-refractivity contribution >= 4 is 17.4 Å². The van der Waals surface area contributed by atoms with Gasteiger partial charge < -0.3 is 0 Å². The van der Waals surface area contributed by atoms with Crippen molar-refractivity contribution in [1.29, 1.82) is 0 Å². The molecule has 1 aromatic rings. The molecule has 1 heteroatoms. The zero-order valence-electron chi connectivity index (χ0n) is 9.66. The first kappa shape index (κ1) is 12.0. The van der Waals surface area contributed by atoms with Crippen molar-refractivity contribution in [2.75, 3.05) is 0 Å². The molecule has 0 radical (unpaired) electrons. The van der Waals surface area contributed by atoms with E-state index in [1.54, 1.807) is 11.3 Å². The van der Waals surface area contributed by atoms with Crippen LogP contribution in [0.15, 0.2) is 46.9 Å². The van der Waals surface area contributed by atoms with Crippen LogP contribution in [0.3, 0.4) is 0 Å². The van der Waals surface area contributed by atoms with Crippen LogP contribution in [0.4, 0.5) is 0 Å². The lowest BCUT2D eigenvalue weighted by Crippen LogP contribution is -1.76. The van der Waals surface area contributed by atoms with Crippen LogP contribution >= 0.6 is 11.3 Å². The highest BCUT2D eigenvalue weighted by Gasteiger charge is 1.87. The summed E-state index contributed by atoms with van der Waals surface area (Å²) in [6.45, 7) is 6.50. The van der Waals surface area contributed by atoms with Gasteiger partial charge in [-0.05, 0) is 44.7 Å². The van der Waals surface area contributed by atoms with E-state index in [0.29, 0.717) is 0 Å². The molecule has 0 saturated carbocycles. The summed E-state index contributed by atoms with van der Waals surface area (Å²) in [5.41, 5.74) is 2.87. The summed E-state index contributed by atoms with van der Waals surface area (Å²) in [5.74, 6) is 0. The number of hydrogen-bond acceptors (Lipinski definition) is 1. The summed E-state index contributed by atoms with van der Waals surface area (Å²) in [5, 5.41) is 2.09. The molecule has 0 nitrogen and oxygen atoms in total. The predicted octanol–water partition coefficient (Wildman–Crippen LogP) is 5.06. The summed E-state index contributed by atoms with van der Waals surface area (Å²) >= 11 is 1.76. The van der Waals surface area contributed by atoms with Gasteiger partial charge in [0, 0.05) is 4.88 Å². The molecule has 15 heavy (non-hydrogen) atoms. The van der Waals surface area contributed by atoms with E-state index in [1.807, 2.05) is 0 Å². The van der Waals surface area contributed by atoms with Gasteiger partial charge in [-0.15, -0.1) is 11.3 Å². The molecule has 0 aliphatic carbocycles. The molecular weight excluding hydrogens is 200 g/mol. The van der Waals surface area contributed by atoms with Crippen LogP contribution in [0.1, 0.15) is 32.1 Å². The molecule has 0 spiro atoms. The zero-order valence-corrected chi connectivity index (χ0v) is 10.5. The molecule has 0 aliphatic heterocycles. The normalized spacial score (nSPS) is 11.4. The maximum Gasteiger partial charge on any atom is 0.0270 e. The third-order valence-electron chi connectivity index (χ3n) is 2.33. The third kappa shape index (κ3) is 4.80. The fourth-order valence-corrected chi connectivity index (χ4v) is 1.69. The molecular formula is C14H18S.